The van der Waals surface area contributed by atoms with Crippen molar-refractivity contribution in [3.8, 4) is 0 Å². The van der Waals surface area contributed by atoms with Gasteiger partial charge in [-0.3, -0.25) is 4.90 Å². The maximum absolute atomic E-state index is 6.32. The van der Waals surface area contributed by atoms with E-state index in [1.54, 1.807) is 7.11 Å². The molecule has 0 saturated heterocycles. The van der Waals surface area contributed by atoms with Gasteiger partial charge in [0.15, 0.2) is 0 Å². The fourth-order valence-electron chi connectivity index (χ4n) is 2.12. The number of aryl methyl sites for hydroxylation is 1. The van der Waals surface area contributed by atoms with Crippen molar-refractivity contribution in [1.82, 2.24) is 4.90 Å². The third kappa shape index (κ3) is 4.41. The number of hydrogen-bond acceptors (Lipinski definition) is 3. The third-order valence-corrected chi connectivity index (χ3v) is 3.33. The predicted molar refractivity (Wildman–Crippen MR) is 76.7 cm³/mol. The summed E-state index contributed by atoms with van der Waals surface area (Å²) < 4.78 is 5.15. The number of benzene rings is 1. The topological polar surface area (TPSA) is 38.5 Å². The first kappa shape index (κ1) is 15.2. The van der Waals surface area contributed by atoms with Crippen molar-refractivity contribution in [2.75, 3.05) is 26.8 Å². The molecule has 1 rings (SSSR count). The highest BCUT2D eigenvalue weighted by atomic mass is 16.5. The molecule has 0 aliphatic rings. The van der Waals surface area contributed by atoms with Crippen LogP contribution in [0.15, 0.2) is 24.3 Å². The Morgan fingerprint density at radius 1 is 1.28 bits per heavy atom. The van der Waals surface area contributed by atoms with E-state index in [0.717, 1.165) is 19.7 Å². The molecule has 0 aromatic heterocycles. The van der Waals surface area contributed by atoms with Crippen LogP contribution < -0.4 is 5.73 Å². The van der Waals surface area contributed by atoms with E-state index in [1.165, 1.54) is 11.1 Å². The van der Waals surface area contributed by atoms with E-state index in [0.29, 0.717) is 6.04 Å². The minimum atomic E-state index is 0.0606. The van der Waals surface area contributed by atoms with Crippen LogP contribution in [-0.2, 0) is 4.74 Å². The van der Waals surface area contributed by atoms with Gasteiger partial charge in [-0.2, -0.15) is 0 Å². The van der Waals surface area contributed by atoms with Gasteiger partial charge in [-0.05, 0) is 31.9 Å². The highest BCUT2D eigenvalue weighted by Gasteiger charge is 2.15. The van der Waals surface area contributed by atoms with Gasteiger partial charge >= 0.3 is 0 Å². The Morgan fingerprint density at radius 3 is 2.50 bits per heavy atom. The zero-order valence-corrected chi connectivity index (χ0v) is 12.0. The van der Waals surface area contributed by atoms with Gasteiger partial charge in [0.1, 0.15) is 0 Å². The number of nitrogens with two attached hydrogens (primary N) is 1. The van der Waals surface area contributed by atoms with E-state index in [4.69, 9.17) is 10.5 Å². The number of methoxy groups -OCH3 is 1. The second kappa shape index (κ2) is 7.52. The molecule has 3 heteroatoms. The molecule has 1 atom stereocenters. The van der Waals surface area contributed by atoms with Crippen LogP contribution in [0.25, 0.3) is 0 Å². The number of hydrogen-bond donors (Lipinski definition) is 1. The van der Waals surface area contributed by atoms with E-state index in [-0.39, 0.29) is 6.04 Å². The molecule has 0 bridgehead atoms. The quantitative estimate of drug-likeness (QED) is 0.807. The van der Waals surface area contributed by atoms with Gasteiger partial charge in [0.05, 0.1) is 6.61 Å². The van der Waals surface area contributed by atoms with Crippen molar-refractivity contribution in [1.29, 1.82) is 0 Å². The fourth-order valence-corrected chi connectivity index (χ4v) is 2.12. The van der Waals surface area contributed by atoms with Crippen LogP contribution in [0, 0.1) is 6.92 Å². The van der Waals surface area contributed by atoms with Crippen LogP contribution in [0.4, 0.5) is 0 Å². The lowest BCUT2D eigenvalue weighted by molar-refractivity contribution is 0.125. The summed E-state index contributed by atoms with van der Waals surface area (Å²) in [6.07, 6.45) is 0. The van der Waals surface area contributed by atoms with E-state index in [2.05, 4.69) is 49.9 Å². The van der Waals surface area contributed by atoms with E-state index in [1.807, 2.05) is 0 Å². The molecule has 3 nitrogen and oxygen atoms in total. The summed E-state index contributed by atoms with van der Waals surface area (Å²) in [5.74, 6) is 0. The molecule has 1 aromatic carbocycles. The van der Waals surface area contributed by atoms with Crippen LogP contribution in [-0.4, -0.2) is 37.7 Å². The molecule has 1 aromatic rings. The summed E-state index contributed by atoms with van der Waals surface area (Å²) in [5.41, 5.74) is 8.82. The van der Waals surface area contributed by atoms with Crippen molar-refractivity contribution >= 4 is 0 Å². The third-order valence-electron chi connectivity index (χ3n) is 3.33. The second-order valence-corrected chi connectivity index (χ2v) is 5.04. The standard InChI is InChI=1S/C15H26N2O/c1-12(2)17(9-10-18-4)11-15(16)14-8-6-5-7-13(14)3/h5-8,12,15H,9-11,16H2,1-4H3. The summed E-state index contributed by atoms with van der Waals surface area (Å²) in [5, 5.41) is 0. The van der Waals surface area contributed by atoms with Crippen molar-refractivity contribution in [2.24, 2.45) is 5.73 Å². The Kier molecular flexibility index (Phi) is 6.33. The van der Waals surface area contributed by atoms with Gasteiger partial charge in [-0.15, -0.1) is 0 Å². The average Bonchev–Trinajstić information content (AvgIpc) is 2.34. The maximum Gasteiger partial charge on any atom is 0.0589 e. The van der Waals surface area contributed by atoms with Gasteiger partial charge in [0, 0.05) is 32.3 Å². The van der Waals surface area contributed by atoms with Crippen molar-refractivity contribution in [3.63, 3.8) is 0 Å². The first-order valence-electron chi connectivity index (χ1n) is 6.60. The average molecular weight is 250 g/mol. The minimum absolute atomic E-state index is 0.0606. The Balaban J connectivity index is 2.66. The maximum atomic E-state index is 6.32. The molecular weight excluding hydrogens is 224 g/mol. The normalized spacial score (nSPS) is 13.3. The molecule has 0 radical (unpaired) electrons. The Hall–Kier alpha value is -0.900. The first-order chi connectivity index (χ1) is 8.56. The van der Waals surface area contributed by atoms with Gasteiger partial charge in [0.2, 0.25) is 0 Å². The largest absolute Gasteiger partial charge is 0.383 e. The van der Waals surface area contributed by atoms with Gasteiger partial charge < -0.3 is 10.5 Å². The van der Waals surface area contributed by atoms with Crippen LogP contribution in [0.2, 0.25) is 0 Å². The summed E-state index contributed by atoms with van der Waals surface area (Å²) >= 11 is 0. The molecule has 0 heterocycles. The smallest absolute Gasteiger partial charge is 0.0589 e. The van der Waals surface area contributed by atoms with Crippen LogP contribution >= 0.6 is 0 Å². The second-order valence-electron chi connectivity index (χ2n) is 5.04. The molecule has 0 spiro atoms. The number of ether oxygens (including phenoxy) is 1. The fraction of sp³-hybridized carbons (Fsp3) is 0.600. The Morgan fingerprint density at radius 2 is 1.94 bits per heavy atom. The number of rotatable bonds is 7. The summed E-state index contributed by atoms with van der Waals surface area (Å²) in [6, 6.07) is 8.88. The Labute approximate surface area is 111 Å². The molecular formula is C15H26N2O. The molecule has 0 saturated carbocycles. The lowest BCUT2D eigenvalue weighted by atomic mass is 10.0. The molecule has 2 N–H and O–H groups in total. The SMILES string of the molecule is COCCN(CC(N)c1ccccc1C)C(C)C. The lowest BCUT2D eigenvalue weighted by Gasteiger charge is -2.29. The van der Waals surface area contributed by atoms with E-state index < -0.39 is 0 Å². The molecule has 0 fully saturated rings. The highest BCUT2D eigenvalue weighted by Crippen LogP contribution is 2.17. The summed E-state index contributed by atoms with van der Waals surface area (Å²) in [7, 11) is 1.74. The molecule has 1 unspecified atom stereocenters. The van der Waals surface area contributed by atoms with Gasteiger partial charge in [-0.1, -0.05) is 24.3 Å². The number of nitrogens with zero attached hydrogens (tertiary/aromatic N) is 1. The summed E-state index contributed by atoms with van der Waals surface area (Å²) in [6.45, 7) is 9.04. The van der Waals surface area contributed by atoms with Gasteiger partial charge in [0.25, 0.3) is 0 Å². The van der Waals surface area contributed by atoms with Crippen molar-refractivity contribution < 1.29 is 4.74 Å². The van der Waals surface area contributed by atoms with Crippen molar-refractivity contribution in [2.45, 2.75) is 32.9 Å². The molecule has 18 heavy (non-hydrogen) atoms. The van der Waals surface area contributed by atoms with Crippen LogP contribution in [0.3, 0.4) is 0 Å². The molecule has 0 amide bonds. The zero-order chi connectivity index (χ0) is 13.5. The molecule has 0 aliphatic carbocycles. The van der Waals surface area contributed by atoms with Crippen LogP contribution in [0.5, 0.6) is 0 Å². The van der Waals surface area contributed by atoms with E-state index >= 15 is 0 Å². The van der Waals surface area contributed by atoms with Crippen LogP contribution in [0.1, 0.15) is 31.0 Å². The monoisotopic (exact) mass is 250 g/mol. The predicted octanol–water partition coefficient (Wildman–Crippen LogP) is 2.35. The first-order valence-corrected chi connectivity index (χ1v) is 6.60. The van der Waals surface area contributed by atoms with Crippen molar-refractivity contribution in [3.05, 3.63) is 35.4 Å². The highest BCUT2D eigenvalue weighted by molar-refractivity contribution is 5.28. The minimum Gasteiger partial charge on any atom is -0.383 e. The summed E-state index contributed by atoms with van der Waals surface area (Å²) in [4.78, 5) is 2.36. The lowest BCUT2D eigenvalue weighted by Crippen LogP contribution is -2.39. The van der Waals surface area contributed by atoms with E-state index in [9.17, 15) is 0 Å². The Bertz CT molecular complexity index is 352. The molecule has 0 aliphatic heterocycles. The zero-order valence-electron chi connectivity index (χ0n) is 12.0. The van der Waals surface area contributed by atoms with Gasteiger partial charge in [-0.25, -0.2) is 0 Å². The molecule has 102 valence electrons.